The van der Waals surface area contributed by atoms with Gasteiger partial charge in [0.2, 0.25) is 5.88 Å². The van der Waals surface area contributed by atoms with Gasteiger partial charge in [-0.3, -0.25) is 4.79 Å². The third-order valence-corrected chi connectivity index (χ3v) is 5.07. The van der Waals surface area contributed by atoms with E-state index in [9.17, 15) is 4.79 Å². The van der Waals surface area contributed by atoms with Gasteiger partial charge in [0.25, 0.3) is 5.91 Å². The highest BCUT2D eigenvalue weighted by Crippen LogP contribution is 2.24. The molecule has 2 aromatic heterocycles. The Bertz CT molecular complexity index is 902. The van der Waals surface area contributed by atoms with E-state index in [1.165, 1.54) is 5.56 Å². The number of ether oxygens (including phenoxy) is 2. The highest BCUT2D eigenvalue weighted by Gasteiger charge is 2.13. The summed E-state index contributed by atoms with van der Waals surface area (Å²) in [5, 5.41) is 12.9. The van der Waals surface area contributed by atoms with Crippen LogP contribution in [-0.4, -0.2) is 35.9 Å². The van der Waals surface area contributed by atoms with Crippen LogP contribution >= 0.6 is 11.3 Å². The maximum atomic E-state index is 11.9. The molecule has 0 aliphatic carbocycles. The number of nitrogens with one attached hydrogen (secondary N) is 1. The lowest BCUT2D eigenvalue weighted by molar-refractivity contribution is -0.123. The molecule has 0 saturated heterocycles. The van der Waals surface area contributed by atoms with Crippen molar-refractivity contribution in [2.24, 2.45) is 0 Å². The monoisotopic (exact) mass is 411 g/mol. The average molecular weight is 412 g/mol. The van der Waals surface area contributed by atoms with E-state index < -0.39 is 0 Å². The minimum atomic E-state index is -0.201. The number of nitrogens with zero attached hydrogens (tertiary/aromatic N) is 2. The number of carbonyl (C=O) groups excluding carboxylic acids is 1. The standard InChI is InChI=1S/C22H25N3O3S/c1-22(2,3)16-6-8-17(9-7-16)28-15-20(26)23-12-13-27-21-11-10-18(24-25-21)19-5-4-14-29-19/h4-11,14H,12-13,15H2,1-3H3,(H,23,26). The molecular formula is C22H25N3O3S. The lowest BCUT2D eigenvalue weighted by Crippen LogP contribution is -2.32. The molecule has 6 nitrogen and oxygen atoms in total. The van der Waals surface area contributed by atoms with Crippen LogP contribution < -0.4 is 14.8 Å². The molecule has 3 rings (SSSR count). The van der Waals surface area contributed by atoms with E-state index in [2.05, 4.69) is 36.3 Å². The van der Waals surface area contributed by atoms with Crippen LogP contribution in [0.5, 0.6) is 11.6 Å². The summed E-state index contributed by atoms with van der Waals surface area (Å²) < 4.78 is 11.0. The molecule has 1 amide bonds. The fourth-order valence-corrected chi connectivity index (χ4v) is 3.24. The van der Waals surface area contributed by atoms with Crippen LogP contribution in [0.4, 0.5) is 0 Å². The normalized spacial score (nSPS) is 11.1. The second-order valence-corrected chi connectivity index (χ2v) is 8.44. The molecule has 0 unspecified atom stereocenters. The van der Waals surface area contributed by atoms with Crippen molar-refractivity contribution in [1.82, 2.24) is 15.5 Å². The summed E-state index contributed by atoms with van der Waals surface area (Å²) in [5.41, 5.74) is 2.12. The van der Waals surface area contributed by atoms with Crippen LogP contribution in [0.1, 0.15) is 26.3 Å². The van der Waals surface area contributed by atoms with Gasteiger partial charge < -0.3 is 14.8 Å². The first kappa shape index (κ1) is 20.8. The molecule has 3 aromatic rings. The van der Waals surface area contributed by atoms with Gasteiger partial charge in [0.15, 0.2) is 6.61 Å². The van der Waals surface area contributed by atoms with Gasteiger partial charge in [0.1, 0.15) is 18.1 Å². The molecule has 0 fully saturated rings. The molecule has 0 atom stereocenters. The number of carbonyl (C=O) groups is 1. The molecule has 0 radical (unpaired) electrons. The fourth-order valence-electron chi connectivity index (χ4n) is 2.55. The number of hydrogen-bond donors (Lipinski definition) is 1. The summed E-state index contributed by atoms with van der Waals surface area (Å²) in [5.74, 6) is 0.896. The van der Waals surface area contributed by atoms with E-state index in [0.717, 1.165) is 10.6 Å². The predicted octanol–water partition coefficient (Wildman–Crippen LogP) is 4.08. The van der Waals surface area contributed by atoms with Crippen molar-refractivity contribution >= 4 is 17.2 Å². The number of amides is 1. The molecule has 7 heteroatoms. The molecule has 1 N–H and O–H groups in total. The van der Waals surface area contributed by atoms with Gasteiger partial charge in [-0.15, -0.1) is 21.5 Å². The van der Waals surface area contributed by atoms with E-state index in [0.29, 0.717) is 24.8 Å². The van der Waals surface area contributed by atoms with Crippen molar-refractivity contribution in [3.05, 3.63) is 59.5 Å². The molecule has 0 saturated carbocycles. The summed E-state index contributed by atoms with van der Waals surface area (Å²) in [7, 11) is 0. The highest BCUT2D eigenvalue weighted by molar-refractivity contribution is 7.13. The Morgan fingerprint density at radius 2 is 1.83 bits per heavy atom. The Hall–Kier alpha value is -2.93. The third-order valence-electron chi connectivity index (χ3n) is 4.18. The number of aromatic nitrogens is 2. The zero-order chi connectivity index (χ0) is 20.7. The fraction of sp³-hybridized carbons (Fsp3) is 0.318. The summed E-state index contributed by atoms with van der Waals surface area (Å²) in [4.78, 5) is 13.0. The first-order valence-electron chi connectivity index (χ1n) is 9.42. The quantitative estimate of drug-likeness (QED) is 0.566. The molecule has 2 heterocycles. The first-order chi connectivity index (χ1) is 13.9. The number of benzene rings is 1. The van der Waals surface area contributed by atoms with Crippen molar-refractivity contribution in [2.45, 2.75) is 26.2 Å². The number of rotatable bonds is 8. The molecular weight excluding hydrogens is 386 g/mol. The summed E-state index contributed by atoms with van der Waals surface area (Å²) >= 11 is 1.61. The second kappa shape index (κ2) is 9.52. The van der Waals surface area contributed by atoms with Gasteiger partial charge in [0.05, 0.1) is 11.4 Å². The molecule has 29 heavy (non-hydrogen) atoms. The van der Waals surface area contributed by atoms with E-state index in [1.54, 1.807) is 17.4 Å². The molecule has 0 bridgehead atoms. The zero-order valence-electron chi connectivity index (χ0n) is 16.8. The van der Waals surface area contributed by atoms with Crippen LogP contribution in [-0.2, 0) is 10.2 Å². The van der Waals surface area contributed by atoms with E-state index >= 15 is 0 Å². The van der Waals surface area contributed by atoms with Crippen LogP contribution in [0.2, 0.25) is 0 Å². The van der Waals surface area contributed by atoms with Gasteiger partial charge in [-0.2, -0.15) is 0 Å². The Kier molecular flexibility index (Phi) is 6.82. The van der Waals surface area contributed by atoms with Crippen molar-refractivity contribution in [3.63, 3.8) is 0 Å². The van der Waals surface area contributed by atoms with Crippen LogP contribution in [0.3, 0.4) is 0 Å². The van der Waals surface area contributed by atoms with Gasteiger partial charge in [0, 0.05) is 6.07 Å². The zero-order valence-corrected chi connectivity index (χ0v) is 17.7. The third kappa shape index (κ3) is 6.29. The smallest absolute Gasteiger partial charge is 0.258 e. The van der Waals surface area contributed by atoms with Crippen LogP contribution in [0.15, 0.2) is 53.9 Å². The topological polar surface area (TPSA) is 73.3 Å². The average Bonchev–Trinajstić information content (AvgIpc) is 3.25. The Morgan fingerprint density at radius 3 is 2.45 bits per heavy atom. The van der Waals surface area contributed by atoms with Gasteiger partial charge in [-0.05, 0) is 40.6 Å². The largest absolute Gasteiger partial charge is 0.484 e. The van der Waals surface area contributed by atoms with Gasteiger partial charge >= 0.3 is 0 Å². The summed E-state index contributed by atoms with van der Waals surface area (Å²) in [6.07, 6.45) is 0. The minimum absolute atomic E-state index is 0.0375. The maximum absolute atomic E-state index is 11.9. The SMILES string of the molecule is CC(C)(C)c1ccc(OCC(=O)NCCOc2ccc(-c3cccs3)nn2)cc1. The lowest BCUT2D eigenvalue weighted by atomic mass is 9.87. The van der Waals surface area contributed by atoms with E-state index in [-0.39, 0.29) is 17.9 Å². The minimum Gasteiger partial charge on any atom is -0.484 e. The van der Waals surface area contributed by atoms with Crippen LogP contribution in [0.25, 0.3) is 10.6 Å². The second-order valence-electron chi connectivity index (χ2n) is 7.50. The van der Waals surface area contributed by atoms with Gasteiger partial charge in [-0.1, -0.05) is 39.0 Å². The van der Waals surface area contributed by atoms with E-state index in [4.69, 9.17) is 9.47 Å². The molecule has 0 aliphatic heterocycles. The Balaban J connectivity index is 1.35. The van der Waals surface area contributed by atoms with E-state index in [1.807, 2.05) is 47.8 Å². The summed E-state index contributed by atoms with van der Waals surface area (Å²) in [6, 6.07) is 15.4. The maximum Gasteiger partial charge on any atom is 0.258 e. The molecule has 1 aromatic carbocycles. The van der Waals surface area contributed by atoms with Gasteiger partial charge in [-0.25, -0.2) is 0 Å². The Labute approximate surface area is 174 Å². The van der Waals surface area contributed by atoms with Crippen molar-refractivity contribution in [2.75, 3.05) is 19.8 Å². The highest BCUT2D eigenvalue weighted by atomic mass is 32.1. The first-order valence-corrected chi connectivity index (χ1v) is 10.3. The number of hydrogen-bond acceptors (Lipinski definition) is 6. The molecule has 152 valence electrons. The molecule has 0 aliphatic rings. The van der Waals surface area contributed by atoms with Crippen molar-refractivity contribution < 1.29 is 14.3 Å². The molecule has 0 spiro atoms. The Morgan fingerprint density at radius 1 is 1.03 bits per heavy atom. The lowest BCUT2D eigenvalue weighted by Gasteiger charge is -2.19. The predicted molar refractivity (Wildman–Crippen MR) is 114 cm³/mol. The summed E-state index contributed by atoms with van der Waals surface area (Å²) in [6.45, 7) is 7.09. The van der Waals surface area contributed by atoms with Crippen molar-refractivity contribution in [1.29, 1.82) is 0 Å². The number of thiophene rings is 1. The van der Waals surface area contributed by atoms with Crippen molar-refractivity contribution in [3.8, 4) is 22.2 Å². The van der Waals surface area contributed by atoms with Crippen LogP contribution in [0, 0.1) is 0 Å².